The highest BCUT2D eigenvalue weighted by atomic mass is 32.2. The number of hydrogen-bond acceptors (Lipinski definition) is 4. The molecule has 0 atom stereocenters. The van der Waals surface area contributed by atoms with Crippen LogP contribution in [-0.2, 0) is 14.8 Å². The largest absolute Gasteiger partial charge is 0.497 e. The highest BCUT2D eigenvalue weighted by molar-refractivity contribution is 7.92. The summed E-state index contributed by atoms with van der Waals surface area (Å²) in [6, 6.07) is 7.00. The minimum atomic E-state index is -3.45. The number of nitrogens with one attached hydrogen (secondary N) is 1. The third-order valence-electron chi connectivity index (χ3n) is 4.27. The van der Waals surface area contributed by atoms with Crippen molar-refractivity contribution in [3.8, 4) is 5.75 Å². The van der Waals surface area contributed by atoms with Crippen molar-refractivity contribution in [2.24, 2.45) is 0 Å². The summed E-state index contributed by atoms with van der Waals surface area (Å²) in [6.07, 6.45) is 6.84. The van der Waals surface area contributed by atoms with Gasteiger partial charge in [0, 0.05) is 19.0 Å². The summed E-state index contributed by atoms with van der Waals surface area (Å²) < 4.78 is 30.4. The van der Waals surface area contributed by atoms with Gasteiger partial charge >= 0.3 is 0 Å². The maximum absolute atomic E-state index is 12.1. The summed E-state index contributed by atoms with van der Waals surface area (Å²) in [6.45, 7) is 0.129. The Morgan fingerprint density at radius 2 is 1.83 bits per heavy atom. The molecule has 0 heterocycles. The van der Waals surface area contributed by atoms with Crippen LogP contribution in [0.5, 0.6) is 5.75 Å². The van der Waals surface area contributed by atoms with Crippen molar-refractivity contribution in [3.05, 3.63) is 24.3 Å². The number of hydrogen-bond donors (Lipinski definition) is 1. The van der Waals surface area contributed by atoms with Gasteiger partial charge in [0.15, 0.2) is 0 Å². The Morgan fingerprint density at radius 1 is 1.21 bits per heavy atom. The van der Waals surface area contributed by atoms with E-state index >= 15 is 0 Å². The second kappa shape index (κ2) is 8.37. The Balaban J connectivity index is 1.97. The van der Waals surface area contributed by atoms with Gasteiger partial charge in [0.1, 0.15) is 5.75 Å². The lowest BCUT2D eigenvalue weighted by molar-refractivity contribution is -0.121. The molecule has 134 valence electrons. The Bertz CT molecular complexity index is 637. The van der Waals surface area contributed by atoms with Gasteiger partial charge in [-0.15, -0.1) is 0 Å². The van der Waals surface area contributed by atoms with Crippen molar-refractivity contribution in [3.63, 3.8) is 0 Å². The number of methoxy groups -OCH3 is 1. The molecule has 2 rings (SSSR count). The quantitative estimate of drug-likeness (QED) is 0.815. The molecule has 0 spiro atoms. The molecule has 0 radical (unpaired) electrons. The van der Waals surface area contributed by atoms with Gasteiger partial charge in [0.2, 0.25) is 15.9 Å². The molecule has 0 unspecified atom stereocenters. The molecule has 1 amide bonds. The molecule has 7 heteroatoms. The Hall–Kier alpha value is -1.76. The van der Waals surface area contributed by atoms with Crippen LogP contribution in [0, 0.1) is 0 Å². The third-order valence-corrected chi connectivity index (χ3v) is 5.47. The van der Waals surface area contributed by atoms with Gasteiger partial charge in [-0.2, -0.15) is 0 Å². The van der Waals surface area contributed by atoms with Gasteiger partial charge in [0.05, 0.1) is 19.1 Å². The van der Waals surface area contributed by atoms with E-state index in [1.54, 1.807) is 31.4 Å². The minimum Gasteiger partial charge on any atom is -0.497 e. The van der Waals surface area contributed by atoms with E-state index in [9.17, 15) is 13.2 Å². The third kappa shape index (κ3) is 5.40. The zero-order valence-corrected chi connectivity index (χ0v) is 15.1. The zero-order valence-electron chi connectivity index (χ0n) is 14.3. The number of amides is 1. The monoisotopic (exact) mass is 354 g/mol. The molecular formula is C17H26N2O4S. The first-order valence-corrected chi connectivity index (χ1v) is 10.2. The minimum absolute atomic E-state index is 0.0935. The number of carbonyl (C=O) groups is 1. The molecule has 24 heavy (non-hydrogen) atoms. The topological polar surface area (TPSA) is 75.7 Å². The molecule has 1 aliphatic carbocycles. The fraction of sp³-hybridized carbons (Fsp3) is 0.588. The normalized spacial score (nSPS) is 15.8. The van der Waals surface area contributed by atoms with Crippen molar-refractivity contribution in [2.45, 2.75) is 44.6 Å². The number of carbonyl (C=O) groups excluding carboxylic acids is 1. The lowest BCUT2D eigenvalue weighted by Gasteiger charge is -2.25. The highest BCUT2D eigenvalue weighted by Gasteiger charge is 2.20. The van der Waals surface area contributed by atoms with Crippen LogP contribution in [0.25, 0.3) is 0 Å². The second-order valence-electron chi connectivity index (χ2n) is 6.19. The number of nitrogens with zero attached hydrogens (tertiary/aromatic N) is 1. The van der Waals surface area contributed by atoms with Crippen LogP contribution in [0.2, 0.25) is 0 Å². The summed E-state index contributed by atoms with van der Waals surface area (Å²) in [7, 11) is -1.90. The van der Waals surface area contributed by atoms with E-state index in [4.69, 9.17) is 4.74 Å². The van der Waals surface area contributed by atoms with Gasteiger partial charge in [0.25, 0.3) is 0 Å². The summed E-state index contributed by atoms with van der Waals surface area (Å²) in [5.74, 6) is 0.561. The smallest absolute Gasteiger partial charge is 0.232 e. The van der Waals surface area contributed by atoms with Gasteiger partial charge in [-0.25, -0.2) is 8.42 Å². The number of sulfonamides is 1. The lowest BCUT2D eigenvalue weighted by atomic mass is 9.95. The SMILES string of the molecule is COc1ccc(N(CCC(=O)NC2CCCCC2)S(C)(=O)=O)cc1. The van der Waals surface area contributed by atoms with Crippen LogP contribution in [0.4, 0.5) is 5.69 Å². The average molecular weight is 354 g/mol. The fourth-order valence-corrected chi connectivity index (χ4v) is 3.91. The van der Waals surface area contributed by atoms with Crippen molar-refractivity contribution in [2.75, 3.05) is 24.2 Å². The van der Waals surface area contributed by atoms with Crippen LogP contribution in [0.15, 0.2) is 24.3 Å². The summed E-state index contributed by atoms with van der Waals surface area (Å²) in [4.78, 5) is 12.1. The lowest BCUT2D eigenvalue weighted by Crippen LogP contribution is -2.39. The van der Waals surface area contributed by atoms with E-state index < -0.39 is 10.0 Å². The van der Waals surface area contributed by atoms with E-state index in [1.807, 2.05) is 0 Å². The van der Waals surface area contributed by atoms with Crippen molar-refractivity contribution < 1.29 is 17.9 Å². The van der Waals surface area contributed by atoms with Crippen LogP contribution in [-0.4, -0.2) is 40.3 Å². The molecule has 1 aliphatic rings. The molecular weight excluding hydrogens is 328 g/mol. The Labute approximate surface area is 144 Å². The van der Waals surface area contributed by atoms with Gasteiger partial charge < -0.3 is 10.1 Å². The van der Waals surface area contributed by atoms with E-state index in [0.717, 1.165) is 31.9 Å². The molecule has 1 N–H and O–H groups in total. The van der Waals surface area contributed by atoms with Crippen LogP contribution < -0.4 is 14.4 Å². The van der Waals surface area contributed by atoms with Crippen LogP contribution in [0.1, 0.15) is 38.5 Å². The molecule has 0 bridgehead atoms. The van der Waals surface area contributed by atoms with Crippen LogP contribution >= 0.6 is 0 Å². The fourth-order valence-electron chi connectivity index (χ4n) is 2.98. The van der Waals surface area contributed by atoms with Gasteiger partial charge in [-0.3, -0.25) is 9.10 Å². The maximum Gasteiger partial charge on any atom is 0.232 e. The van der Waals surface area contributed by atoms with E-state index in [0.29, 0.717) is 11.4 Å². The molecule has 1 saturated carbocycles. The predicted molar refractivity (Wildman–Crippen MR) is 94.8 cm³/mol. The molecule has 0 aliphatic heterocycles. The zero-order chi connectivity index (χ0) is 17.6. The van der Waals surface area contributed by atoms with E-state index in [-0.39, 0.29) is 24.9 Å². The molecule has 0 aromatic heterocycles. The van der Waals surface area contributed by atoms with E-state index in [1.165, 1.54) is 10.7 Å². The average Bonchev–Trinajstić information content (AvgIpc) is 2.55. The molecule has 1 aromatic carbocycles. The first-order chi connectivity index (χ1) is 11.4. The molecule has 0 saturated heterocycles. The van der Waals surface area contributed by atoms with Gasteiger partial charge in [-0.1, -0.05) is 19.3 Å². The van der Waals surface area contributed by atoms with Gasteiger partial charge in [-0.05, 0) is 37.1 Å². The number of benzene rings is 1. The summed E-state index contributed by atoms with van der Waals surface area (Å²) in [5.41, 5.74) is 0.531. The second-order valence-corrected chi connectivity index (χ2v) is 8.09. The Morgan fingerprint density at radius 3 is 2.38 bits per heavy atom. The predicted octanol–water partition coefficient (Wildman–Crippen LogP) is 2.30. The molecule has 1 aromatic rings. The highest BCUT2D eigenvalue weighted by Crippen LogP contribution is 2.22. The van der Waals surface area contributed by atoms with Crippen LogP contribution in [0.3, 0.4) is 0 Å². The number of ether oxygens (including phenoxy) is 1. The first-order valence-electron chi connectivity index (χ1n) is 8.31. The van der Waals surface area contributed by atoms with Crippen molar-refractivity contribution >= 4 is 21.6 Å². The molecule has 6 nitrogen and oxygen atoms in total. The molecule has 1 fully saturated rings. The van der Waals surface area contributed by atoms with Crippen molar-refractivity contribution in [1.29, 1.82) is 0 Å². The Kier molecular flexibility index (Phi) is 6.48. The summed E-state index contributed by atoms with van der Waals surface area (Å²) in [5, 5.41) is 3.01. The van der Waals surface area contributed by atoms with E-state index in [2.05, 4.69) is 5.32 Å². The number of anilines is 1. The summed E-state index contributed by atoms with van der Waals surface area (Å²) >= 11 is 0. The first kappa shape index (κ1) is 18.6. The number of rotatable bonds is 7. The standard InChI is InChI=1S/C17H26N2O4S/c1-23-16-10-8-15(9-11-16)19(24(2,21)22)13-12-17(20)18-14-6-4-3-5-7-14/h8-11,14H,3-7,12-13H2,1-2H3,(H,18,20). The maximum atomic E-state index is 12.1. The van der Waals surface area contributed by atoms with Crippen molar-refractivity contribution in [1.82, 2.24) is 5.32 Å².